The van der Waals surface area contributed by atoms with E-state index in [0.717, 1.165) is 19.3 Å². The van der Waals surface area contributed by atoms with Crippen molar-refractivity contribution in [3.63, 3.8) is 0 Å². The Morgan fingerprint density at radius 2 is 1.89 bits per heavy atom. The molecule has 0 aromatic carbocycles. The van der Waals surface area contributed by atoms with Gasteiger partial charge in [-0.2, -0.15) is 8.78 Å². The Kier molecular flexibility index (Phi) is 2.94. The first kappa shape index (κ1) is 13.7. The lowest BCUT2D eigenvalue weighted by atomic mass is 9.45. The predicted molar refractivity (Wildman–Crippen MR) is 70.1 cm³/mol. The molecule has 0 amide bonds. The molecule has 0 radical (unpaired) electrons. The molecule has 0 saturated heterocycles. The van der Waals surface area contributed by atoms with Gasteiger partial charge in [-0.1, -0.05) is 19.6 Å². The lowest BCUT2D eigenvalue weighted by molar-refractivity contribution is -0.175. The van der Waals surface area contributed by atoms with Crippen LogP contribution in [0.4, 0.5) is 8.78 Å². The SMILES string of the molecule is CC12CC3CC(C1)CC(COC(=O)C(F)(F)S)(C3)C2. The van der Waals surface area contributed by atoms with Crippen molar-refractivity contribution in [2.75, 3.05) is 6.61 Å². The lowest BCUT2D eigenvalue weighted by Crippen LogP contribution is -2.53. The van der Waals surface area contributed by atoms with Crippen LogP contribution in [0.15, 0.2) is 0 Å². The maximum atomic E-state index is 12.7. The molecule has 4 bridgehead atoms. The van der Waals surface area contributed by atoms with Gasteiger partial charge >= 0.3 is 11.2 Å². The fourth-order valence-electron chi connectivity index (χ4n) is 5.40. The van der Waals surface area contributed by atoms with Crippen molar-refractivity contribution in [3.8, 4) is 0 Å². The average molecular weight is 290 g/mol. The Hall–Kier alpha value is -0.320. The molecule has 4 fully saturated rings. The van der Waals surface area contributed by atoms with E-state index in [-0.39, 0.29) is 12.0 Å². The Morgan fingerprint density at radius 1 is 1.32 bits per heavy atom. The van der Waals surface area contributed by atoms with Crippen LogP contribution in [-0.4, -0.2) is 17.8 Å². The standard InChI is InChI=1S/C14H20F2O2S/c1-12-3-9-2-10(4-12)6-13(5-9,7-12)8-18-11(17)14(15,16)19/h9-10,19H,2-8H2,1H3. The van der Waals surface area contributed by atoms with Crippen LogP contribution in [-0.2, 0) is 9.53 Å². The average Bonchev–Trinajstić information content (AvgIpc) is 2.21. The maximum absolute atomic E-state index is 12.7. The summed E-state index contributed by atoms with van der Waals surface area (Å²) in [6, 6.07) is 0. The number of carbonyl (C=O) groups is 1. The molecule has 108 valence electrons. The molecule has 0 aromatic rings. The van der Waals surface area contributed by atoms with Gasteiger partial charge in [-0.25, -0.2) is 4.79 Å². The number of alkyl halides is 2. The van der Waals surface area contributed by atoms with Crippen LogP contribution in [0, 0.1) is 22.7 Å². The number of halogens is 2. The molecule has 0 spiro atoms. The first-order valence-corrected chi connectivity index (χ1v) is 7.42. The number of esters is 1. The molecule has 4 aliphatic carbocycles. The fourth-order valence-corrected chi connectivity index (χ4v) is 5.47. The maximum Gasteiger partial charge on any atom is 0.388 e. The first-order valence-electron chi connectivity index (χ1n) is 6.97. The van der Waals surface area contributed by atoms with Gasteiger partial charge in [0.15, 0.2) is 0 Å². The van der Waals surface area contributed by atoms with Gasteiger partial charge in [-0.15, -0.1) is 0 Å². The van der Waals surface area contributed by atoms with Crippen LogP contribution < -0.4 is 0 Å². The van der Waals surface area contributed by atoms with Crippen LogP contribution in [0.5, 0.6) is 0 Å². The third-order valence-electron chi connectivity index (χ3n) is 5.23. The van der Waals surface area contributed by atoms with Crippen molar-refractivity contribution in [1.82, 2.24) is 0 Å². The van der Waals surface area contributed by atoms with Crippen molar-refractivity contribution in [1.29, 1.82) is 0 Å². The van der Waals surface area contributed by atoms with E-state index >= 15 is 0 Å². The van der Waals surface area contributed by atoms with E-state index in [1.165, 1.54) is 19.3 Å². The van der Waals surface area contributed by atoms with Crippen molar-refractivity contribution >= 4 is 18.6 Å². The van der Waals surface area contributed by atoms with Crippen molar-refractivity contribution in [2.45, 2.75) is 50.7 Å². The Balaban J connectivity index is 1.69. The van der Waals surface area contributed by atoms with E-state index in [0.29, 0.717) is 17.3 Å². The lowest BCUT2D eigenvalue weighted by Gasteiger charge is -2.61. The monoisotopic (exact) mass is 290 g/mol. The summed E-state index contributed by atoms with van der Waals surface area (Å²) in [6.07, 6.45) is 6.85. The molecule has 19 heavy (non-hydrogen) atoms. The highest BCUT2D eigenvalue weighted by molar-refractivity contribution is 7.82. The molecule has 0 aromatic heterocycles. The molecule has 0 heterocycles. The van der Waals surface area contributed by atoms with E-state index in [4.69, 9.17) is 4.74 Å². The first-order chi connectivity index (χ1) is 8.70. The minimum Gasteiger partial charge on any atom is -0.460 e. The topological polar surface area (TPSA) is 26.3 Å². The van der Waals surface area contributed by atoms with E-state index < -0.39 is 11.2 Å². The summed E-state index contributed by atoms with van der Waals surface area (Å²) in [7, 11) is 0. The van der Waals surface area contributed by atoms with Crippen LogP contribution in [0.3, 0.4) is 0 Å². The Morgan fingerprint density at radius 3 is 2.37 bits per heavy atom. The van der Waals surface area contributed by atoms with Crippen LogP contribution in [0.2, 0.25) is 0 Å². The summed E-state index contributed by atoms with van der Waals surface area (Å²) in [4.78, 5) is 11.2. The van der Waals surface area contributed by atoms with Gasteiger partial charge in [0.25, 0.3) is 0 Å². The van der Waals surface area contributed by atoms with E-state index in [1.54, 1.807) is 0 Å². The van der Waals surface area contributed by atoms with Gasteiger partial charge in [0, 0.05) is 5.41 Å². The molecule has 0 aliphatic heterocycles. The molecule has 0 N–H and O–H groups in total. The molecule has 2 nitrogen and oxygen atoms in total. The number of hydrogen-bond acceptors (Lipinski definition) is 3. The smallest absolute Gasteiger partial charge is 0.388 e. The Bertz CT molecular complexity index is 391. The van der Waals surface area contributed by atoms with E-state index in [2.05, 4.69) is 19.6 Å². The van der Waals surface area contributed by atoms with E-state index in [1.807, 2.05) is 0 Å². The molecule has 2 unspecified atom stereocenters. The summed E-state index contributed by atoms with van der Waals surface area (Å²) in [6.45, 7) is 2.44. The van der Waals surface area contributed by atoms with Gasteiger partial charge in [0.1, 0.15) is 0 Å². The summed E-state index contributed by atoms with van der Waals surface area (Å²) in [5, 5.41) is -3.67. The second-order valence-corrected chi connectivity index (χ2v) is 7.95. The highest BCUT2D eigenvalue weighted by atomic mass is 32.1. The second kappa shape index (κ2) is 4.09. The van der Waals surface area contributed by atoms with Crippen LogP contribution in [0.25, 0.3) is 0 Å². The molecule has 4 saturated carbocycles. The highest BCUT2D eigenvalue weighted by Gasteiger charge is 2.56. The van der Waals surface area contributed by atoms with Crippen molar-refractivity contribution in [2.24, 2.45) is 22.7 Å². The minimum atomic E-state index is -3.67. The van der Waals surface area contributed by atoms with E-state index in [9.17, 15) is 13.6 Å². The minimum absolute atomic E-state index is 0.0481. The normalized spacial score (nSPS) is 44.4. The second-order valence-electron chi connectivity index (χ2n) is 7.39. The molecular formula is C14H20F2O2S. The number of ether oxygens (including phenoxy) is 1. The van der Waals surface area contributed by atoms with Gasteiger partial charge in [0.05, 0.1) is 6.61 Å². The van der Waals surface area contributed by atoms with Gasteiger partial charge in [-0.05, 0) is 55.8 Å². The number of thiol groups is 1. The molecule has 2 atom stereocenters. The zero-order valence-electron chi connectivity index (χ0n) is 11.1. The quantitative estimate of drug-likeness (QED) is 0.634. The number of hydrogen-bond donors (Lipinski definition) is 1. The summed E-state index contributed by atoms with van der Waals surface area (Å²) in [5.74, 6) is -0.111. The highest BCUT2D eigenvalue weighted by Crippen LogP contribution is 2.65. The van der Waals surface area contributed by atoms with Crippen molar-refractivity contribution < 1.29 is 18.3 Å². The van der Waals surface area contributed by atoms with Gasteiger partial charge < -0.3 is 4.74 Å². The zero-order chi connectivity index (χ0) is 13.9. The Labute approximate surface area is 117 Å². The van der Waals surface area contributed by atoms with Crippen molar-refractivity contribution in [3.05, 3.63) is 0 Å². The molecule has 4 rings (SSSR count). The predicted octanol–water partition coefficient (Wildman–Crippen LogP) is 3.66. The summed E-state index contributed by atoms with van der Waals surface area (Å²) in [5.41, 5.74) is 0.285. The molecule has 4 aliphatic rings. The largest absolute Gasteiger partial charge is 0.460 e. The van der Waals surface area contributed by atoms with Gasteiger partial charge in [-0.3, -0.25) is 0 Å². The fraction of sp³-hybridized carbons (Fsp3) is 0.929. The summed E-state index contributed by atoms with van der Waals surface area (Å²) >= 11 is 2.97. The zero-order valence-corrected chi connectivity index (χ0v) is 12.0. The summed E-state index contributed by atoms with van der Waals surface area (Å²) < 4.78 is 30.4. The molecule has 5 heteroatoms. The third-order valence-corrected chi connectivity index (χ3v) is 5.41. The molecular weight excluding hydrogens is 270 g/mol. The number of carbonyl (C=O) groups excluding carboxylic acids is 1. The van der Waals surface area contributed by atoms with Crippen LogP contribution >= 0.6 is 12.6 Å². The third kappa shape index (κ3) is 2.50. The number of rotatable bonds is 3. The van der Waals surface area contributed by atoms with Crippen LogP contribution in [0.1, 0.15) is 45.4 Å². The van der Waals surface area contributed by atoms with Gasteiger partial charge in [0.2, 0.25) is 0 Å².